The van der Waals surface area contributed by atoms with Gasteiger partial charge in [0.15, 0.2) is 0 Å². The van der Waals surface area contributed by atoms with Crippen LogP contribution in [0.3, 0.4) is 0 Å². The maximum Gasteiger partial charge on any atom is 0.346 e. The van der Waals surface area contributed by atoms with Crippen molar-refractivity contribution in [2.24, 2.45) is 5.10 Å². The summed E-state index contributed by atoms with van der Waals surface area (Å²) in [4.78, 5) is 25.1. The van der Waals surface area contributed by atoms with E-state index in [-0.39, 0.29) is 0 Å². The molecule has 28 heavy (non-hydrogen) atoms. The third-order valence-corrected chi connectivity index (χ3v) is 4.86. The molecule has 3 aromatic carbocycles. The van der Waals surface area contributed by atoms with Crippen LogP contribution < -0.4 is 5.32 Å². The molecule has 1 atom stereocenters. The zero-order valence-electron chi connectivity index (χ0n) is 15.4. The first-order chi connectivity index (χ1) is 13.6. The van der Waals surface area contributed by atoms with Gasteiger partial charge in [0.25, 0.3) is 5.91 Å². The molecule has 0 spiro atoms. The van der Waals surface area contributed by atoms with E-state index < -0.39 is 17.5 Å². The standard InChI is InChI=1S/C23H19N3O2/c1-23(20-10-6-3-7-11-20)21(27)26(22(28)25-23)24-16-17-12-14-19(15-13-17)18-8-4-2-5-9-18/h2-16H,1H3,(H,25,28)/b24-16-/t23-/m1/s1. The van der Waals surface area contributed by atoms with Gasteiger partial charge in [0.05, 0.1) is 6.21 Å². The Morgan fingerprint density at radius 3 is 2.04 bits per heavy atom. The number of benzene rings is 3. The zero-order valence-corrected chi connectivity index (χ0v) is 15.4. The molecule has 0 saturated carbocycles. The molecule has 5 heteroatoms. The van der Waals surface area contributed by atoms with E-state index in [1.54, 1.807) is 6.92 Å². The highest BCUT2D eigenvalue weighted by Crippen LogP contribution is 2.28. The van der Waals surface area contributed by atoms with Crippen LogP contribution in [0, 0.1) is 0 Å². The van der Waals surface area contributed by atoms with Crippen molar-refractivity contribution in [3.8, 4) is 11.1 Å². The second-order valence-corrected chi connectivity index (χ2v) is 6.77. The van der Waals surface area contributed by atoms with E-state index in [4.69, 9.17) is 0 Å². The molecule has 0 aromatic heterocycles. The number of nitrogens with one attached hydrogen (secondary N) is 1. The Morgan fingerprint density at radius 1 is 0.821 bits per heavy atom. The topological polar surface area (TPSA) is 61.8 Å². The molecule has 1 saturated heterocycles. The molecule has 3 amide bonds. The molecule has 3 aromatic rings. The number of rotatable bonds is 4. The summed E-state index contributed by atoms with van der Waals surface area (Å²) in [6, 6.07) is 26.4. The van der Waals surface area contributed by atoms with E-state index in [0.29, 0.717) is 0 Å². The maximum atomic E-state index is 12.8. The molecule has 4 rings (SSSR count). The predicted molar refractivity (Wildman–Crippen MR) is 109 cm³/mol. The van der Waals surface area contributed by atoms with Gasteiger partial charge in [0.2, 0.25) is 0 Å². The van der Waals surface area contributed by atoms with Crippen molar-refractivity contribution in [2.75, 3.05) is 0 Å². The number of hydrazone groups is 1. The van der Waals surface area contributed by atoms with Crippen molar-refractivity contribution in [1.82, 2.24) is 10.3 Å². The lowest BCUT2D eigenvalue weighted by atomic mass is 9.92. The molecule has 138 valence electrons. The minimum atomic E-state index is -1.12. The van der Waals surface area contributed by atoms with Crippen molar-refractivity contribution in [2.45, 2.75) is 12.5 Å². The van der Waals surface area contributed by atoms with Gasteiger partial charge in [0, 0.05) is 0 Å². The Balaban J connectivity index is 1.53. The smallest absolute Gasteiger partial charge is 0.318 e. The monoisotopic (exact) mass is 369 g/mol. The second-order valence-electron chi connectivity index (χ2n) is 6.77. The highest BCUT2D eigenvalue weighted by atomic mass is 16.2. The Bertz CT molecular complexity index is 1030. The molecule has 0 radical (unpaired) electrons. The molecule has 0 unspecified atom stereocenters. The van der Waals surface area contributed by atoms with Gasteiger partial charge in [-0.2, -0.15) is 5.10 Å². The van der Waals surface area contributed by atoms with Crippen LogP contribution in [0.4, 0.5) is 4.79 Å². The summed E-state index contributed by atoms with van der Waals surface area (Å²) in [6.45, 7) is 1.69. The van der Waals surface area contributed by atoms with Gasteiger partial charge in [-0.15, -0.1) is 5.01 Å². The minimum absolute atomic E-state index is 0.402. The highest BCUT2D eigenvalue weighted by Gasteiger charge is 2.49. The molecular formula is C23H19N3O2. The van der Waals surface area contributed by atoms with Crippen LogP contribution in [0.15, 0.2) is 90.0 Å². The summed E-state index contributed by atoms with van der Waals surface area (Å²) >= 11 is 0. The number of carbonyl (C=O) groups is 2. The van der Waals surface area contributed by atoms with Gasteiger partial charge in [0.1, 0.15) is 5.54 Å². The number of hydrogen-bond acceptors (Lipinski definition) is 3. The van der Waals surface area contributed by atoms with Gasteiger partial charge in [-0.25, -0.2) is 4.79 Å². The average molecular weight is 369 g/mol. The molecule has 1 aliphatic rings. The van der Waals surface area contributed by atoms with Crippen LogP contribution in [0.2, 0.25) is 0 Å². The number of amides is 3. The number of carbonyl (C=O) groups excluding carboxylic acids is 2. The fraction of sp³-hybridized carbons (Fsp3) is 0.0870. The third-order valence-electron chi connectivity index (χ3n) is 4.86. The van der Waals surface area contributed by atoms with E-state index in [1.165, 1.54) is 6.21 Å². The molecular weight excluding hydrogens is 350 g/mol. The third kappa shape index (κ3) is 3.18. The summed E-state index contributed by atoms with van der Waals surface area (Å²) in [6.07, 6.45) is 1.52. The fourth-order valence-electron chi connectivity index (χ4n) is 3.21. The number of nitrogens with zero attached hydrogens (tertiary/aromatic N) is 2. The molecule has 1 fully saturated rings. The van der Waals surface area contributed by atoms with Crippen LogP contribution in [0.5, 0.6) is 0 Å². The first-order valence-electron chi connectivity index (χ1n) is 9.00. The van der Waals surface area contributed by atoms with Gasteiger partial charge in [-0.1, -0.05) is 84.9 Å². The molecule has 5 nitrogen and oxygen atoms in total. The average Bonchev–Trinajstić information content (AvgIpc) is 2.97. The van der Waals surface area contributed by atoms with Crippen molar-refractivity contribution < 1.29 is 9.59 Å². The lowest BCUT2D eigenvalue weighted by Crippen LogP contribution is -2.40. The van der Waals surface area contributed by atoms with Crippen LogP contribution >= 0.6 is 0 Å². The van der Waals surface area contributed by atoms with E-state index in [9.17, 15) is 9.59 Å². The van der Waals surface area contributed by atoms with E-state index in [2.05, 4.69) is 10.4 Å². The lowest BCUT2D eigenvalue weighted by molar-refractivity contribution is -0.131. The Kier molecular flexibility index (Phi) is 4.49. The molecule has 1 heterocycles. The van der Waals surface area contributed by atoms with Gasteiger partial charge < -0.3 is 5.32 Å². The van der Waals surface area contributed by atoms with Crippen LogP contribution in [-0.4, -0.2) is 23.2 Å². The summed E-state index contributed by atoms with van der Waals surface area (Å²) in [5, 5.41) is 7.75. The molecule has 1 aliphatic heterocycles. The molecule has 0 bridgehead atoms. The lowest BCUT2D eigenvalue weighted by Gasteiger charge is -2.20. The van der Waals surface area contributed by atoms with Crippen LogP contribution in [-0.2, 0) is 10.3 Å². The Morgan fingerprint density at radius 2 is 1.39 bits per heavy atom. The van der Waals surface area contributed by atoms with Crippen molar-refractivity contribution >= 4 is 18.2 Å². The predicted octanol–water partition coefficient (Wildman–Crippen LogP) is 4.15. The second kappa shape index (κ2) is 7.12. The maximum absolute atomic E-state index is 12.8. The largest absolute Gasteiger partial charge is 0.346 e. The zero-order chi connectivity index (χ0) is 19.6. The number of hydrogen-bond donors (Lipinski definition) is 1. The fourth-order valence-corrected chi connectivity index (χ4v) is 3.21. The van der Waals surface area contributed by atoms with E-state index >= 15 is 0 Å². The van der Waals surface area contributed by atoms with Crippen molar-refractivity contribution in [3.63, 3.8) is 0 Å². The van der Waals surface area contributed by atoms with Gasteiger partial charge in [-0.3, -0.25) is 4.79 Å². The Labute approximate surface area is 163 Å². The van der Waals surface area contributed by atoms with Crippen LogP contribution in [0.25, 0.3) is 11.1 Å². The van der Waals surface area contributed by atoms with Crippen LogP contribution in [0.1, 0.15) is 18.1 Å². The SMILES string of the molecule is C[C@]1(c2ccccc2)NC(=O)N(/N=C\c2ccc(-c3ccccc3)cc2)C1=O. The van der Waals surface area contributed by atoms with E-state index in [1.807, 2.05) is 84.9 Å². The van der Waals surface area contributed by atoms with E-state index in [0.717, 1.165) is 27.3 Å². The molecule has 0 aliphatic carbocycles. The normalized spacial score (nSPS) is 19.2. The Hall–Kier alpha value is -3.73. The first kappa shape index (κ1) is 17.7. The van der Waals surface area contributed by atoms with Gasteiger partial charge >= 0.3 is 6.03 Å². The van der Waals surface area contributed by atoms with Gasteiger partial charge in [-0.05, 0) is 29.2 Å². The summed E-state index contributed by atoms with van der Waals surface area (Å²) in [7, 11) is 0. The number of urea groups is 1. The van der Waals surface area contributed by atoms with Crippen molar-refractivity contribution in [3.05, 3.63) is 96.1 Å². The first-order valence-corrected chi connectivity index (χ1v) is 9.00. The van der Waals surface area contributed by atoms with Crippen molar-refractivity contribution in [1.29, 1.82) is 0 Å². The summed E-state index contributed by atoms with van der Waals surface area (Å²) < 4.78 is 0. The highest BCUT2D eigenvalue weighted by molar-refractivity contribution is 6.07. The number of imide groups is 1. The quantitative estimate of drug-likeness (QED) is 0.555. The minimum Gasteiger partial charge on any atom is -0.318 e. The summed E-state index contributed by atoms with van der Waals surface area (Å²) in [5.41, 5.74) is 2.61. The molecule has 1 N–H and O–H groups in total. The summed E-state index contributed by atoms with van der Waals surface area (Å²) in [5.74, 6) is -0.402.